The van der Waals surface area contributed by atoms with Gasteiger partial charge in [-0.25, -0.2) is 0 Å². The van der Waals surface area contributed by atoms with E-state index in [1.54, 1.807) is 11.8 Å². The van der Waals surface area contributed by atoms with Gasteiger partial charge in [-0.1, -0.05) is 49.4 Å². The first-order valence-electron chi connectivity index (χ1n) is 6.44. The smallest absolute Gasteiger partial charge is 0.151 e. The molecule has 0 saturated heterocycles. The maximum atomic E-state index is 11.1. The van der Waals surface area contributed by atoms with E-state index in [2.05, 4.69) is 38.1 Å². The molecule has 2 rings (SSSR count). The normalized spacial score (nSPS) is 10.7. The van der Waals surface area contributed by atoms with Gasteiger partial charge in [0.1, 0.15) is 0 Å². The van der Waals surface area contributed by atoms with Crippen molar-refractivity contribution in [2.75, 3.05) is 0 Å². The van der Waals surface area contributed by atoms with E-state index < -0.39 is 0 Å². The summed E-state index contributed by atoms with van der Waals surface area (Å²) in [6.07, 6.45) is 0.928. The highest BCUT2D eigenvalue weighted by Gasteiger charge is 2.05. The van der Waals surface area contributed by atoms with Crippen molar-refractivity contribution in [3.63, 3.8) is 0 Å². The lowest BCUT2D eigenvalue weighted by molar-refractivity contribution is 0.112. The second-order valence-corrected chi connectivity index (χ2v) is 6.10. The fourth-order valence-corrected chi connectivity index (χ4v) is 2.79. The Morgan fingerprint density at radius 3 is 2.32 bits per heavy atom. The van der Waals surface area contributed by atoms with Gasteiger partial charge in [-0.15, -0.1) is 0 Å². The minimum Gasteiger partial charge on any atom is -0.298 e. The van der Waals surface area contributed by atoms with E-state index in [4.69, 9.17) is 0 Å². The third kappa shape index (κ3) is 3.48. The van der Waals surface area contributed by atoms with Crippen LogP contribution in [0.3, 0.4) is 0 Å². The largest absolute Gasteiger partial charge is 0.298 e. The Hall–Kier alpha value is -1.54. The first-order valence-corrected chi connectivity index (χ1v) is 7.25. The summed E-state index contributed by atoms with van der Waals surface area (Å²) in [6.45, 7) is 6.37. The predicted molar refractivity (Wildman–Crippen MR) is 81.2 cm³/mol. The molecular formula is C17H18OS. The zero-order chi connectivity index (χ0) is 13.8. The summed E-state index contributed by atoms with van der Waals surface area (Å²) in [5, 5.41) is 0. The number of carbonyl (C=O) groups is 1. The number of hydrogen-bond acceptors (Lipinski definition) is 2. The van der Waals surface area contributed by atoms with Crippen molar-refractivity contribution >= 4 is 18.0 Å². The second kappa shape index (κ2) is 6.07. The Kier molecular flexibility index (Phi) is 4.43. The van der Waals surface area contributed by atoms with Gasteiger partial charge >= 0.3 is 0 Å². The molecule has 19 heavy (non-hydrogen) atoms. The molecule has 0 aliphatic rings. The minimum atomic E-state index is 0.545. The number of aldehydes is 1. The molecule has 2 aromatic carbocycles. The van der Waals surface area contributed by atoms with Gasteiger partial charge in [-0.3, -0.25) is 4.79 Å². The van der Waals surface area contributed by atoms with Crippen LogP contribution in [-0.4, -0.2) is 6.29 Å². The molecule has 0 fully saturated rings. The van der Waals surface area contributed by atoms with Gasteiger partial charge in [0.05, 0.1) is 0 Å². The van der Waals surface area contributed by atoms with Gasteiger partial charge in [-0.2, -0.15) is 0 Å². The van der Waals surface area contributed by atoms with Gasteiger partial charge in [0.25, 0.3) is 0 Å². The number of aryl methyl sites for hydroxylation is 1. The van der Waals surface area contributed by atoms with Crippen molar-refractivity contribution in [3.05, 3.63) is 59.2 Å². The maximum Gasteiger partial charge on any atom is 0.151 e. The highest BCUT2D eigenvalue weighted by atomic mass is 32.2. The van der Waals surface area contributed by atoms with E-state index in [1.807, 2.05) is 25.1 Å². The lowest BCUT2D eigenvalue weighted by Gasteiger charge is -2.08. The van der Waals surface area contributed by atoms with E-state index >= 15 is 0 Å². The molecule has 0 bridgehead atoms. The molecule has 0 radical (unpaired) electrons. The van der Waals surface area contributed by atoms with Crippen LogP contribution in [-0.2, 0) is 0 Å². The zero-order valence-electron chi connectivity index (χ0n) is 11.5. The molecule has 0 spiro atoms. The molecule has 2 heteroatoms. The molecule has 98 valence electrons. The van der Waals surface area contributed by atoms with Crippen LogP contribution in [0.15, 0.2) is 52.3 Å². The molecule has 0 unspecified atom stereocenters. The van der Waals surface area contributed by atoms with E-state index in [1.165, 1.54) is 5.56 Å². The number of benzene rings is 2. The molecule has 0 saturated carbocycles. The fourth-order valence-electron chi connectivity index (χ4n) is 1.90. The van der Waals surface area contributed by atoms with Crippen LogP contribution in [0.2, 0.25) is 0 Å². The lowest BCUT2D eigenvalue weighted by atomic mass is 10.0. The average molecular weight is 270 g/mol. The summed E-state index contributed by atoms with van der Waals surface area (Å²) in [4.78, 5) is 13.3. The topological polar surface area (TPSA) is 17.1 Å². The molecule has 0 atom stereocenters. The van der Waals surface area contributed by atoms with Crippen molar-refractivity contribution in [1.82, 2.24) is 0 Å². The molecule has 0 aliphatic carbocycles. The molecule has 0 aromatic heterocycles. The predicted octanol–water partition coefficient (Wildman–Crippen LogP) is 5.08. The van der Waals surface area contributed by atoms with E-state index in [0.29, 0.717) is 5.92 Å². The molecule has 1 nitrogen and oxygen atoms in total. The lowest BCUT2D eigenvalue weighted by Crippen LogP contribution is -1.88. The molecule has 0 N–H and O–H groups in total. The number of hydrogen-bond donors (Lipinski definition) is 0. The van der Waals surface area contributed by atoms with Crippen molar-refractivity contribution in [3.8, 4) is 0 Å². The number of carbonyl (C=O) groups excluding carboxylic acids is 1. The zero-order valence-corrected chi connectivity index (χ0v) is 12.3. The highest BCUT2D eigenvalue weighted by molar-refractivity contribution is 7.99. The van der Waals surface area contributed by atoms with Crippen LogP contribution in [0, 0.1) is 6.92 Å². The quantitative estimate of drug-likeness (QED) is 0.720. The van der Waals surface area contributed by atoms with Crippen LogP contribution in [0.25, 0.3) is 0 Å². The van der Waals surface area contributed by atoms with E-state index in [0.717, 1.165) is 27.2 Å². The standard InChI is InChI=1S/C17H18OS/c1-12(2)14-5-7-16(8-6-14)19-17-9-4-13(3)10-15(17)11-18/h4-12H,1-3H3. The second-order valence-electron chi connectivity index (χ2n) is 4.98. The Morgan fingerprint density at radius 1 is 1.05 bits per heavy atom. The van der Waals surface area contributed by atoms with Gasteiger partial charge in [-0.05, 0) is 42.7 Å². The third-order valence-corrected chi connectivity index (χ3v) is 4.17. The Bertz CT molecular complexity index is 570. The van der Waals surface area contributed by atoms with Crippen molar-refractivity contribution in [2.45, 2.75) is 36.5 Å². The van der Waals surface area contributed by atoms with Crippen LogP contribution in [0.1, 0.15) is 41.3 Å². The Labute approximate surface area is 119 Å². The highest BCUT2D eigenvalue weighted by Crippen LogP contribution is 2.31. The van der Waals surface area contributed by atoms with E-state index in [9.17, 15) is 4.79 Å². The van der Waals surface area contributed by atoms with Gasteiger partial charge in [0, 0.05) is 15.4 Å². The first-order chi connectivity index (χ1) is 9.10. The van der Waals surface area contributed by atoms with Crippen LogP contribution in [0.4, 0.5) is 0 Å². The van der Waals surface area contributed by atoms with Gasteiger partial charge in [0.2, 0.25) is 0 Å². The number of rotatable bonds is 4. The SMILES string of the molecule is Cc1ccc(Sc2ccc(C(C)C)cc2)c(C=O)c1. The minimum absolute atomic E-state index is 0.545. The van der Waals surface area contributed by atoms with Crippen molar-refractivity contribution < 1.29 is 4.79 Å². The third-order valence-electron chi connectivity index (χ3n) is 3.07. The maximum absolute atomic E-state index is 11.1. The monoisotopic (exact) mass is 270 g/mol. The fraction of sp³-hybridized carbons (Fsp3) is 0.235. The summed E-state index contributed by atoms with van der Waals surface area (Å²) in [5.41, 5.74) is 3.21. The summed E-state index contributed by atoms with van der Waals surface area (Å²) in [6, 6.07) is 14.5. The molecule has 0 aliphatic heterocycles. The molecule has 0 amide bonds. The van der Waals surface area contributed by atoms with Crippen molar-refractivity contribution in [1.29, 1.82) is 0 Å². The Balaban J connectivity index is 2.23. The summed E-state index contributed by atoms with van der Waals surface area (Å²) >= 11 is 1.64. The van der Waals surface area contributed by atoms with Crippen LogP contribution in [0.5, 0.6) is 0 Å². The molecule has 0 heterocycles. The summed E-state index contributed by atoms with van der Waals surface area (Å²) in [5.74, 6) is 0.545. The molecular weight excluding hydrogens is 252 g/mol. The van der Waals surface area contributed by atoms with Crippen LogP contribution < -0.4 is 0 Å². The average Bonchev–Trinajstić information content (AvgIpc) is 2.41. The van der Waals surface area contributed by atoms with Gasteiger partial charge < -0.3 is 0 Å². The first kappa shape index (κ1) is 13.9. The summed E-state index contributed by atoms with van der Waals surface area (Å²) in [7, 11) is 0. The van der Waals surface area contributed by atoms with Crippen molar-refractivity contribution in [2.24, 2.45) is 0 Å². The van der Waals surface area contributed by atoms with Crippen LogP contribution >= 0.6 is 11.8 Å². The summed E-state index contributed by atoms with van der Waals surface area (Å²) < 4.78 is 0. The van der Waals surface area contributed by atoms with Gasteiger partial charge in [0.15, 0.2) is 6.29 Å². The Morgan fingerprint density at radius 2 is 1.74 bits per heavy atom. The molecule has 2 aromatic rings. The van der Waals surface area contributed by atoms with E-state index in [-0.39, 0.29) is 0 Å².